The van der Waals surface area contributed by atoms with Crippen molar-refractivity contribution in [2.24, 2.45) is 11.8 Å². The maximum absolute atomic E-state index is 12.3. The van der Waals surface area contributed by atoms with Crippen molar-refractivity contribution in [3.63, 3.8) is 0 Å². The molecular formula is C19H21N3O3. The maximum atomic E-state index is 12.3. The molecule has 6 nitrogen and oxygen atoms in total. The maximum Gasteiger partial charge on any atom is 0.225 e. The number of benzene rings is 1. The Hall–Kier alpha value is -2.63. The summed E-state index contributed by atoms with van der Waals surface area (Å²) in [5.41, 5.74) is 0.949. The van der Waals surface area contributed by atoms with Gasteiger partial charge in [-0.1, -0.05) is 30.3 Å². The van der Waals surface area contributed by atoms with E-state index in [1.165, 1.54) is 12.8 Å². The highest BCUT2D eigenvalue weighted by atomic mass is 16.4. The second-order valence-corrected chi connectivity index (χ2v) is 6.85. The second-order valence-electron chi connectivity index (χ2n) is 6.85. The molecule has 1 atom stereocenters. The van der Waals surface area contributed by atoms with Gasteiger partial charge in [0.25, 0.3) is 0 Å². The number of carbonyl (C=O) groups is 2. The van der Waals surface area contributed by atoms with Crippen LogP contribution in [-0.4, -0.2) is 34.8 Å². The third-order valence-corrected chi connectivity index (χ3v) is 4.79. The van der Waals surface area contributed by atoms with E-state index in [1.54, 1.807) is 6.20 Å². The van der Waals surface area contributed by atoms with Crippen molar-refractivity contribution in [2.75, 3.05) is 13.1 Å². The molecule has 0 bridgehead atoms. The van der Waals surface area contributed by atoms with Gasteiger partial charge in [0.05, 0.1) is 18.7 Å². The lowest BCUT2D eigenvalue weighted by molar-refractivity contribution is -0.129. The minimum absolute atomic E-state index is 0.0922. The van der Waals surface area contributed by atoms with Crippen molar-refractivity contribution in [1.82, 2.24) is 15.2 Å². The fourth-order valence-corrected chi connectivity index (χ4v) is 3.17. The van der Waals surface area contributed by atoms with Gasteiger partial charge in [0.2, 0.25) is 17.7 Å². The Morgan fingerprint density at radius 3 is 2.84 bits per heavy atom. The third kappa shape index (κ3) is 3.73. The molecule has 0 spiro atoms. The molecule has 1 aliphatic carbocycles. The first-order chi connectivity index (χ1) is 12.2. The Balaban J connectivity index is 1.30. The molecule has 1 saturated heterocycles. The number of amides is 2. The first-order valence-electron chi connectivity index (χ1n) is 8.74. The summed E-state index contributed by atoms with van der Waals surface area (Å²) in [6.45, 7) is 1.57. The topological polar surface area (TPSA) is 75.4 Å². The highest BCUT2D eigenvalue weighted by molar-refractivity contribution is 5.89. The summed E-state index contributed by atoms with van der Waals surface area (Å²) in [5.74, 6) is 1.51. The molecule has 1 aliphatic heterocycles. The number of oxazole rings is 1. The summed E-state index contributed by atoms with van der Waals surface area (Å²) in [6, 6.07) is 9.70. The largest absolute Gasteiger partial charge is 0.439 e. The lowest BCUT2D eigenvalue weighted by Crippen LogP contribution is -2.33. The van der Waals surface area contributed by atoms with Crippen LogP contribution in [0.2, 0.25) is 0 Å². The van der Waals surface area contributed by atoms with E-state index in [0.717, 1.165) is 12.1 Å². The number of rotatable bonds is 6. The van der Waals surface area contributed by atoms with E-state index in [0.29, 0.717) is 30.5 Å². The van der Waals surface area contributed by atoms with Gasteiger partial charge in [0, 0.05) is 25.1 Å². The molecule has 2 aromatic rings. The zero-order chi connectivity index (χ0) is 17.2. The number of nitrogens with zero attached hydrogens (tertiary/aromatic N) is 2. The standard InChI is InChI=1S/C19H21N3O3/c23-18-8-15(12-22(18)11-13-6-7-13)19(24)21-10-17-20-9-16(25-17)14-4-2-1-3-5-14/h1-5,9,13,15H,6-8,10-12H2,(H,21,24)/t15-/m1/s1. The first-order valence-corrected chi connectivity index (χ1v) is 8.74. The molecule has 130 valence electrons. The summed E-state index contributed by atoms with van der Waals surface area (Å²) in [5, 5.41) is 2.84. The molecule has 6 heteroatoms. The van der Waals surface area contributed by atoms with Crippen LogP contribution in [0.5, 0.6) is 0 Å². The van der Waals surface area contributed by atoms with Gasteiger partial charge in [-0.3, -0.25) is 9.59 Å². The summed E-state index contributed by atoms with van der Waals surface area (Å²) < 4.78 is 5.68. The number of hydrogen-bond donors (Lipinski definition) is 1. The van der Waals surface area contributed by atoms with Gasteiger partial charge in [0.1, 0.15) is 0 Å². The van der Waals surface area contributed by atoms with Crippen LogP contribution in [0.1, 0.15) is 25.2 Å². The third-order valence-electron chi connectivity index (χ3n) is 4.79. The monoisotopic (exact) mass is 339 g/mol. The highest BCUT2D eigenvalue weighted by Crippen LogP contribution is 2.32. The van der Waals surface area contributed by atoms with Crippen LogP contribution in [0, 0.1) is 11.8 Å². The van der Waals surface area contributed by atoms with E-state index in [2.05, 4.69) is 10.3 Å². The molecule has 2 aliphatic rings. The lowest BCUT2D eigenvalue weighted by atomic mass is 10.1. The molecule has 25 heavy (non-hydrogen) atoms. The van der Waals surface area contributed by atoms with Gasteiger partial charge in [-0.2, -0.15) is 0 Å². The Labute approximate surface area is 146 Å². The van der Waals surface area contributed by atoms with Gasteiger partial charge in [-0.25, -0.2) is 4.98 Å². The van der Waals surface area contributed by atoms with Crippen LogP contribution < -0.4 is 5.32 Å². The van der Waals surface area contributed by atoms with Crippen LogP contribution in [-0.2, 0) is 16.1 Å². The summed E-state index contributed by atoms with van der Waals surface area (Å²) in [4.78, 5) is 30.4. The fourth-order valence-electron chi connectivity index (χ4n) is 3.17. The van der Waals surface area contributed by atoms with Crippen molar-refractivity contribution in [3.8, 4) is 11.3 Å². The Morgan fingerprint density at radius 1 is 1.28 bits per heavy atom. The molecule has 2 fully saturated rings. The smallest absolute Gasteiger partial charge is 0.225 e. The molecule has 1 aromatic carbocycles. The number of likely N-dealkylation sites (tertiary alicyclic amines) is 1. The van der Waals surface area contributed by atoms with Crippen molar-refractivity contribution in [3.05, 3.63) is 42.4 Å². The SMILES string of the molecule is O=C(NCc1ncc(-c2ccccc2)o1)[C@@H]1CC(=O)N(CC2CC2)C1. The molecule has 0 radical (unpaired) electrons. The van der Waals surface area contributed by atoms with Crippen LogP contribution in [0.3, 0.4) is 0 Å². The summed E-state index contributed by atoms with van der Waals surface area (Å²) in [6.07, 6.45) is 4.37. The van der Waals surface area contributed by atoms with Crippen molar-refractivity contribution in [2.45, 2.75) is 25.8 Å². The molecule has 2 amide bonds. The average Bonchev–Trinajstić information content (AvgIpc) is 3.19. The van der Waals surface area contributed by atoms with E-state index in [1.807, 2.05) is 35.2 Å². The molecule has 2 heterocycles. The van der Waals surface area contributed by atoms with Gasteiger partial charge in [0.15, 0.2) is 5.76 Å². The Kier molecular flexibility index (Phi) is 4.26. The van der Waals surface area contributed by atoms with Gasteiger partial charge in [-0.15, -0.1) is 0 Å². The number of carbonyl (C=O) groups excluding carboxylic acids is 2. The second kappa shape index (κ2) is 6.70. The molecule has 1 saturated carbocycles. The summed E-state index contributed by atoms with van der Waals surface area (Å²) >= 11 is 0. The number of nitrogens with one attached hydrogen (secondary N) is 1. The molecular weight excluding hydrogens is 318 g/mol. The van der Waals surface area contributed by atoms with Crippen LogP contribution in [0.4, 0.5) is 0 Å². The Bertz CT molecular complexity index is 767. The number of aromatic nitrogens is 1. The highest BCUT2D eigenvalue weighted by Gasteiger charge is 2.37. The van der Waals surface area contributed by atoms with Crippen LogP contribution in [0.15, 0.2) is 40.9 Å². The Morgan fingerprint density at radius 2 is 2.08 bits per heavy atom. The average molecular weight is 339 g/mol. The van der Waals surface area contributed by atoms with Crippen molar-refractivity contribution in [1.29, 1.82) is 0 Å². The van der Waals surface area contributed by atoms with Gasteiger partial charge in [-0.05, 0) is 18.8 Å². The van der Waals surface area contributed by atoms with Gasteiger partial charge < -0.3 is 14.6 Å². The molecule has 0 unspecified atom stereocenters. The van der Waals surface area contributed by atoms with Crippen LogP contribution >= 0.6 is 0 Å². The predicted octanol–water partition coefficient (Wildman–Crippen LogP) is 2.22. The minimum atomic E-state index is -0.269. The van der Waals surface area contributed by atoms with E-state index in [9.17, 15) is 9.59 Å². The van der Waals surface area contributed by atoms with E-state index < -0.39 is 0 Å². The molecule has 1 N–H and O–H groups in total. The molecule has 1 aromatic heterocycles. The van der Waals surface area contributed by atoms with Crippen LogP contribution in [0.25, 0.3) is 11.3 Å². The normalized spacial score (nSPS) is 20.1. The number of hydrogen-bond acceptors (Lipinski definition) is 4. The zero-order valence-corrected chi connectivity index (χ0v) is 14.0. The summed E-state index contributed by atoms with van der Waals surface area (Å²) in [7, 11) is 0. The first kappa shape index (κ1) is 15.9. The van der Waals surface area contributed by atoms with Crippen molar-refractivity contribution < 1.29 is 14.0 Å². The quantitative estimate of drug-likeness (QED) is 0.875. The predicted molar refractivity (Wildman–Crippen MR) is 91.2 cm³/mol. The fraction of sp³-hybridized carbons (Fsp3) is 0.421. The van der Waals surface area contributed by atoms with E-state index >= 15 is 0 Å². The molecule has 4 rings (SSSR count). The minimum Gasteiger partial charge on any atom is -0.439 e. The zero-order valence-electron chi connectivity index (χ0n) is 14.0. The van der Waals surface area contributed by atoms with Gasteiger partial charge >= 0.3 is 0 Å². The lowest BCUT2D eigenvalue weighted by Gasteiger charge is -2.15. The van der Waals surface area contributed by atoms with E-state index in [-0.39, 0.29) is 24.3 Å². The van der Waals surface area contributed by atoms with Crippen molar-refractivity contribution >= 4 is 11.8 Å². The van der Waals surface area contributed by atoms with E-state index in [4.69, 9.17) is 4.42 Å².